The van der Waals surface area contributed by atoms with Gasteiger partial charge in [0.25, 0.3) is 5.56 Å². The second-order valence-corrected chi connectivity index (χ2v) is 6.44. The number of hydrogen-bond acceptors (Lipinski definition) is 4. The standard InChI is InChI=1S/C17H17FN2O3/c1-10(21)12-8-11(18)9-13-14(12)19-16-17(3-6-23-7-4-17)2-5-20(16)15(13)22/h8-9H,2-7H2,1H3. The van der Waals surface area contributed by atoms with Gasteiger partial charge < -0.3 is 4.74 Å². The summed E-state index contributed by atoms with van der Waals surface area (Å²) in [6.45, 7) is 3.25. The maximum atomic E-state index is 13.8. The summed E-state index contributed by atoms with van der Waals surface area (Å²) in [6.07, 6.45) is 2.48. The van der Waals surface area contributed by atoms with E-state index >= 15 is 0 Å². The Kier molecular flexibility index (Phi) is 3.13. The molecule has 0 radical (unpaired) electrons. The molecule has 0 saturated carbocycles. The molecule has 1 aromatic carbocycles. The van der Waals surface area contributed by atoms with E-state index in [0.717, 1.165) is 25.1 Å². The topological polar surface area (TPSA) is 61.2 Å². The molecule has 0 N–H and O–H groups in total. The van der Waals surface area contributed by atoms with Gasteiger partial charge in [0.05, 0.1) is 10.9 Å². The lowest BCUT2D eigenvalue weighted by Gasteiger charge is -2.32. The quantitative estimate of drug-likeness (QED) is 0.757. The number of carbonyl (C=O) groups excluding carboxylic acids is 1. The van der Waals surface area contributed by atoms with Crippen LogP contribution in [0.4, 0.5) is 4.39 Å². The Morgan fingerprint density at radius 2 is 2.04 bits per heavy atom. The van der Waals surface area contributed by atoms with Gasteiger partial charge in [0.1, 0.15) is 11.6 Å². The van der Waals surface area contributed by atoms with Crippen LogP contribution < -0.4 is 5.56 Å². The summed E-state index contributed by atoms with van der Waals surface area (Å²) in [5, 5.41) is 0.183. The average molecular weight is 316 g/mol. The summed E-state index contributed by atoms with van der Waals surface area (Å²) in [4.78, 5) is 29.3. The second-order valence-electron chi connectivity index (χ2n) is 6.44. The second kappa shape index (κ2) is 4.96. The lowest BCUT2D eigenvalue weighted by molar-refractivity contribution is 0.0492. The molecule has 0 aliphatic carbocycles. The van der Waals surface area contributed by atoms with Crippen LogP contribution >= 0.6 is 0 Å². The number of benzene rings is 1. The molecule has 2 aliphatic rings. The molecule has 120 valence electrons. The highest BCUT2D eigenvalue weighted by atomic mass is 19.1. The van der Waals surface area contributed by atoms with Gasteiger partial charge in [-0.15, -0.1) is 0 Å². The molecule has 4 rings (SSSR count). The van der Waals surface area contributed by atoms with Crippen LogP contribution in [0.15, 0.2) is 16.9 Å². The normalized spacial score (nSPS) is 19.2. The number of ketones is 1. The summed E-state index contributed by atoms with van der Waals surface area (Å²) in [5.74, 6) is -0.140. The van der Waals surface area contributed by atoms with Crippen molar-refractivity contribution < 1.29 is 13.9 Å². The van der Waals surface area contributed by atoms with E-state index in [-0.39, 0.29) is 27.7 Å². The van der Waals surface area contributed by atoms with Crippen LogP contribution in [0, 0.1) is 5.82 Å². The minimum atomic E-state index is -0.582. The van der Waals surface area contributed by atoms with Gasteiger partial charge in [-0.2, -0.15) is 0 Å². The molecule has 0 amide bonds. The zero-order valence-corrected chi connectivity index (χ0v) is 12.9. The van der Waals surface area contributed by atoms with E-state index in [0.29, 0.717) is 25.3 Å². The van der Waals surface area contributed by atoms with E-state index in [1.165, 1.54) is 19.1 Å². The Hall–Kier alpha value is -2.08. The maximum absolute atomic E-state index is 13.8. The molecular weight excluding hydrogens is 299 g/mol. The molecule has 1 fully saturated rings. The number of rotatable bonds is 1. The molecule has 6 heteroatoms. The van der Waals surface area contributed by atoms with Crippen LogP contribution in [-0.2, 0) is 16.7 Å². The third-order valence-electron chi connectivity index (χ3n) is 5.14. The lowest BCUT2D eigenvalue weighted by Crippen LogP contribution is -2.34. The molecule has 1 spiro atoms. The number of halogens is 1. The largest absolute Gasteiger partial charge is 0.381 e. The molecule has 0 unspecified atom stereocenters. The van der Waals surface area contributed by atoms with Crippen molar-refractivity contribution in [3.05, 3.63) is 39.7 Å². The number of carbonyl (C=O) groups is 1. The van der Waals surface area contributed by atoms with E-state index in [9.17, 15) is 14.0 Å². The molecule has 0 bridgehead atoms. The third-order valence-corrected chi connectivity index (χ3v) is 5.14. The first-order valence-electron chi connectivity index (χ1n) is 7.85. The van der Waals surface area contributed by atoms with E-state index in [1.807, 2.05) is 0 Å². The Bertz CT molecular complexity index is 882. The molecular formula is C17H17FN2O3. The van der Waals surface area contributed by atoms with E-state index in [2.05, 4.69) is 4.98 Å². The zero-order chi connectivity index (χ0) is 16.2. The van der Waals surface area contributed by atoms with E-state index in [1.54, 1.807) is 4.57 Å². The SMILES string of the molecule is CC(=O)c1cc(F)cc2c(=O)n3c(nc12)C1(CCOCC1)CC3. The van der Waals surface area contributed by atoms with E-state index < -0.39 is 5.82 Å². The van der Waals surface area contributed by atoms with Crippen molar-refractivity contribution in [2.75, 3.05) is 13.2 Å². The first-order valence-corrected chi connectivity index (χ1v) is 7.85. The summed E-state index contributed by atoms with van der Waals surface area (Å²) in [6, 6.07) is 2.35. The Labute approximate surface area is 132 Å². The number of aromatic nitrogens is 2. The monoisotopic (exact) mass is 316 g/mol. The van der Waals surface area contributed by atoms with Gasteiger partial charge >= 0.3 is 0 Å². The van der Waals surface area contributed by atoms with Crippen LogP contribution in [0.5, 0.6) is 0 Å². The highest BCUT2D eigenvalue weighted by Gasteiger charge is 2.43. The number of fused-ring (bicyclic) bond motifs is 3. The Balaban J connectivity index is 2.05. The molecule has 23 heavy (non-hydrogen) atoms. The van der Waals surface area contributed by atoms with Crippen molar-refractivity contribution in [2.24, 2.45) is 0 Å². The Morgan fingerprint density at radius 3 is 2.74 bits per heavy atom. The minimum absolute atomic E-state index is 0.159. The van der Waals surface area contributed by atoms with Crippen LogP contribution in [0.3, 0.4) is 0 Å². The summed E-state index contributed by atoms with van der Waals surface area (Å²) in [7, 11) is 0. The summed E-state index contributed by atoms with van der Waals surface area (Å²) in [5.41, 5.74) is 0.0847. The molecule has 5 nitrogen and oxygen atoms in total. The highest BCUT2D eigenvalue weighted by molar-refractivity contribution is 6.05. The van der Waals surface area contributed by atoms with Gasteiger partial charge in [0.15, 0.2) is 5.78 Å². The van der Waals surface area contributed by atoms with Crippen LogP contribution in [-0.4, -0.2) is 28.5 Å². The Morgan fingerprint density at radius 1 is 1.30 bits per heavy atom. The molecule has 3 heterocycles. The van der Waals surface area contributed by atoms with Crippen molar-refractivity contribution >= 4 is 16.7 Å². The minimum Gasteiger partial charge on any atom is -0.381 e. The first kappa shape index (κ1) is 14.5. The van der Waals surface area contributed by atoms with Gasteiger partial charge in [0.2, 0.25) is 0 Å². The number of hydrogen-bond donors (Lipinski definition) is 0. The van der Waals surface area contributed by atoms with Crippen LogP contribution in [0.25, 0.3) is 10.9 Å². The summed E-state index contributed by atoms with van der Waals surface area (Å²) >= 11 is 0. The average Bonchev–Trinajstić information content (AvgIpc) is 2.87. The predicted molar refractivity (Wildman–Crippen MR) is 82.3 cm³/mol. The van der Waals surface area contributed by atoms with Gasteiger partial charge in [-0.3, -0.25) is 14.2 Å². The van der Waals surface area contributed by atoms with Gasteiger partial charge in [-0.05, 0) is 38.3 Å². The van der Waals surface area contributed by atoms with Gasteiger partial charge in [-0.1, -0.05) is 0 Å². The first-order chi connectivity index (χ1) is 11.0. The summed E-state index contributed by atoms with van der Waals surface area (Å²) < 4.78 is 20.9. The molecule has 1 saturated heterocycles. The van der Waals surface area contributed by atoms with Crippen molar-refractivity contribution in [1.29, 1.82) is 0 Å². The van der Waals surface area contributed by atoms with Crippen molar-refractivity contribution in [3.8, 4) is 0 Å². The zero-order valence-electron chi connectivity index (χ0n) is 12.9. The lowest BCUT2D eigenvalue weighted by atomic mass is 9.78. The van der Waals surface area contributed by atoms with E-state index in [4.69, 9.17) is 4.74 Å². The molecule has 2 aromatic rings. The maximum Gasteiger partial charge on any atom is 0.261 e. The van der Waals surface area contributed by atoms with Gasteiger partial charge in [0, 0.05) is 30.7 Å². The fraction of sp³-hybridized carbons (Fsp3) is 0.471. The highest BCUT2D eigenvalue weighted by Crippen LogP contribution is 2.41. The van der Waals surface area contributed by atoms with Crippen LogP contribution in [0.2, 0.25) is 0 Å². The number of Topliss-reactive ketones (excluding diaryl/α,β-unsaturated/α-hetero) is 1. The number of nitrogens with zero attached hydrogens (tertiary/aromatic N) is 2. The van der Waals surface area contributed by atoms with Gasteiger partial charge in [-0.25, -0.2) is 9.37 Å². The number of ether oxygens (including phenoxy) is 1. The fourth-order valence-electron chi connectivity index (χ4n) is 3.84. The predicted octanol–water partition coefficient (Wildman–Crippen LogP) is 2.19. The van der Waals surface area contributed by atoms with Crippen molar-refractivity contribution in [1.82, 2.24) is 9.55 Å². The van der Waals surface area contributed by atoms with Crippen molar-refractivity contribution in [2.45, 2.75) is 38.1 Å². The molecule has 2 aliphatic heterocycles. The van der Waals surface area contributed by atoms with Crippen molar-refractivity contribution in [3.63, 3.8) is 0 Å². The molecule has 0 atom stereocenters. The smallest absolute Gasteiger partial charge is 0.261 e. The third kappa shape index (κ3) is 2.05. The fourth-order valence-corrected chi connectivity index (χ4v) is 3.84. The van der Waals surface area contributed by atoms with Crippen LogP contribution in [0.1, 0.15) is 42.4 Å². The molecule has 1 aromatic heterocycles.